The van der Waals surface area contributed by atoms with Gasteiger partial charge in [0.1, 0.15) is 22.8 Å². The van der Waals surface area contributed by atoms with Gasteiger partial charge in [-0.05, 0) is 39.2 Å². The van der Waals surface area contributed by atoms with Gasteiger partial charge in [-0.25, -0.2) is 9.97 Å². The van der Waals surface area contributed by atoms with Crippen LogP contribution in [0.3, 0.4) is 0 Å². The zero-order valence-electron chi connectivity index (χ0n) is 14.2. The molecule has 2 N–H and O–H groups in total. The zero-order valence-corrected chi connectivity index (χ0v) is 15.0. The third-order valence-electron chi connectivity index (χ3n) is 4.97. The predicted octanol–water partition coefficient (Wildman–Crippen LogP) is 2.63. The van der Waals surface area contributed by atoms with Gasteiger partial charge in [0.15, 0.2) is 0 Å². The van der Waals surface area contributed by atoms with E-state index in [0.717, 1.165) is 42.4 Å². The first-order chi connectivity index (χ1) is 11.6. The molecule has 0 amide bonds. The maximum Gasteiger partial charge on any atom is 0.222 e. The van der Waals surface area contributed by atoms with E-state index in [9.17, 15) is 0 Å². The monoisotopic (exact) mass is 343 g/mol. The first-order valence-electron chi connectivity index (χ1n) is 8.19. The third-order valence-corrected chi connectivity index (χ3v) is 6.08. The van der Waals surface area contributed by atoms with E-state index in [1.807, 2.05) is 6.92 Å². The lowest BCUT2D eigenvalue weighted by atomic mass is 10.0. The number of anilines is 2. The van der Waals surface area contributed by atoms with Crippen LogP contribution in [0.4, 0.5) is 11.8 Å². The highest BCUT2D eigenvalue weighted by Crippen LogP contribution is 2.36. The van der Waals surface area contributed by atoms with Crippen LogP contribution in [0.15, 0.2) is 6.33 Å². The van der Waals surface area contributed by atoms with Crippen molar-refractivity contribution in [2.24, 2.45) is 0 Å². The van der Waals surface area contributed by atoms with Crippen molar-refractivity contribution in [3.8, 4) is 0 Å². The smallest absolute Gasteiger partial charge is 0.222 e. The van der Waals surface area contributed by atoms with Crippen molar-refractivity contribution in [3.05, 3.63) is 22.6 Å². The van der Waals surface area contributed by atoms with Gasteiger partial charge < -0.3 is 10.6 Å². The molecule has 1 saturated heterocycles. The number of nitrogen functional groups attached to an aromatic ring is 1. The van der Waals surface area contributed by atoms with Gasteiger partial charge in [-0.15, -0.1) is 21.5 Å². The Bertz CT molecular complexity index is 870. The molecular formula is C16H21N7S. The lowest BCUT2D eigenvalue weighted by molar-refractivity contribution is 0.393. The summed E-state index contributed by atoms with van der Waals surface area (Å²) in [5.74, 6) is 2.47. The number of hydrogen-bond acceptors (Lipinski definition) is 7. The first kappa shape index (κ1) is 15.3. The molecule has 0 saturated carbocycles. The van der Waals surface area contributed by atoms with Gasteiger partial charge in [0.05, 0.1) is 5.39 Å². The molecule has 1 aliphatic rings. The summed E-state index contributed by atoms with van der Waals surface area (Å²) in [6.45, 7) is 8.16. The van der Waals surface area contributed by atoms with E-state index in [4.69, 9.17) is 5.73 Å². The largest absolute Gasteiger partial charge is 0.368 e. The van der Waals surface area contributed by atoms with Crippen molar-refractivity contribution in [1.29, 1.82) is 0 Å². The average molecular weight is 343 g/mol. The molecule has 24 heavy (non-hydrogen) atoms. The molecule has 0 bridgehead atoms. The summed E-state index contributed by atoms with van der Waals surface area (Å²) >= 11 is 1.74. The molecule has 0 atom stereocenters. The Morgan fingerprint density at radius 3 is 2.54 bits per heavy atom. The van der Waals surface area contributed by atoms with E-state index < -0.39 is 0 Å². The second-order valence-electron chi connectivity index (χ2n) is 6.35. The van der Waals surface area contributed by atoms with Gasteiger partial charge in [-0.2, -0.15) is 0 Å². The van der Waals surface area contributed by atoms with Crippen LogP contribution in [-0.2, 0) is 0 Å². The normalized spacial score (nSPS) is 16.2. The third kappa shape index (κ3) is 2.32. The van der Waals surface area contributed by atoms with Crippen molar-refractivity contribution in [2.45, 2.75) is 39.7 Å². The van der Waals surface area contributed by atoms with Crippen molar-refractivity contribution in [2.75, 3.05) is 23.7 Å². The van der Waals surface area contributed by atoms with Crippen molar-refractivity contribution >= 4 is 33.3 Å². The molecule has 1 aliphatic heterocycles. The van der Waals surface area contributed by atoms with Gasteiger partial charge in [-0.3, -0.25) is 4.57 Å². The highest BCUT2D eigenvalue weighted by molar-refractivity contribution is 7.18. The Labute approximate surface area is 144 Å². The van der Waals surface area contributed by atoms with Crippen LogP contribution >= 0.6 is 11.3 Å². The molecule has 4 rings (SSSR count). The summed E-state index contributed by atoms with van der Waals surface area (Å²) in [6.07, 6.45) is 3.70. The second-order valence-corrected chi connectivity index (χ2v) is 7.56. The first-order valence-corrected chi connectivity index (χ1v) is 9.00. The summed E-state index contributed by atoms with van der Waals surface area (Å²) in [7, 11) is 0. The number of aromatic nitrogens is 5. The van der Waals surface area contributed by atoms with E-state index >= 15 is 0 Å². The van der Waals surface area contributed by atoms with Crippen molar-refractivity contribution in [1.82, 2.24) is 24.7 Å². The minimum atomic E-state index is 0.360. The number of thiophene rings is 1. The van der Waals surface area contributed by atoms with Crippen LogP contribution in [0.1, 0.15) is 35.1 Å². The predicted molar refractivity (Wildman–Crippen MR) is 96.5 cm³/mol. The molecule has 4 heterocycles. The number of nitrogens with two attached hydrogens (primary N) is 1. The molecule has 0 aromatic carbocycles. The van der Waals surface area contributed by atoms with Crippen molar-refractivity contribution in [3.63, 3.8) is 0 Å². The fourth-order valence-electron chi connectivity index (χ4n) is 3.58. The van der Waals surface area contributed by atoms with Crippen LogP contribution in [-0.4, -0.2) is 37.8 Å². The van der Waals surface area contributed by atoms with E-state index in [2.05, 4.69) is 43.5 Å². The molecule has 0 aliphatic carbocycles. The minimum Gasteiger partial charge on any atom is -0.368 e. The Kier molecular flexibility index (Phi) is 3.64. The number of hydrogen-bond donors (Lipinski definition) is 1. The standard InChI is InChI=1S/C16H21N7S/c1-9-10(2)24-15-13(9)14(18-8-19-15)22-6-4-12(5-7-22)23-11(3)20-21-16(23)17/h8,12H,4-7H2,1-3H3,(H2,17,21). The molecule has 8 heteroatoms. The van der Waals surface area contributed by atoms with Gasteiger partial charge >= 0.3 is 0 Å². The minimum absolute atomic E-state index is 0.360. The maximum atomic E-state index is 5.97. The number of piperidine rings is 1. The molecular weight excluding hydrogens is 322 g/mol. The number of aryl methyl sites for hydroxylation is 3. The van der Waals surface area contributed by atoms with Crippen LogP contribution in [0.25, 0.3) is 10.2 Å². The topological polar surface area (TPSA) is 85.8 Å². The van der Waals surface area contributed by atoms with Crippen molar-refractivity contribution < 1.29 is 0 Å². The van der Waals surface area contributed by atoms with Gasteiger partial charge in [0.25, 0.3) is 0 Å². The Morgan fingerprint density at radius 2 is 1.88 bits per heavy atom. The SMILES string of the molecule is Cc1sc2ncnc(N3CCC(n4c(C)nnc4N)CC3)c2c1C. The summed E-state index contributed by atoms with van der Waals surface area (Å²) in [5, 5.41) is 9.27. The molecule has 0 spiro atoms. The lowest BCUT2D eigenvalue weighted by Crippen LogP contribution is -2.35. The summed E-state index contributed by atoms with van der Waals surface area (Å²) in [5.41, 5.74) is 7.27. The zero-order chi connectivity index (χ0) is 16.8. The van der Waals surface area contributed by atoms with Crippen LogP contribution in [0.2, 0.25) is 0 Å². The number of fused-ring (bicyclic) bond motifs is 1. The highest BCUT2D eigenvalue weighted by Gasteiger charge is 2.26. The highest BCUT2D eigenvalue weighted by atomic mass is 32.1. The second kappa shape index (κ2) is 5.70. The fourth-order valence-corrected chi connectivity index (χ4v) is 4.57. The average Bonchev–Trinajstić information content (AvgIpc) is 3.07. The molecule has 3 aromatic heterocycles. The van der Waals surface area contributed by atoms with E-state index in [-0.39, 0.29) is 0 Å². The summed E-state index contributed by atoms with van der Waals surface area (Å²) in [6, 6.07) is 0.360. The molecule has 7 nitrogen and oxygen atoms in total. The lowest BCUT2D eigenvalue weighted by Gasteiger charge is -2.34. The van der Waals surface area contributed by atoms with Gasteiger partial charge in [0, 0.05) is 24.0 Å². The Balaban J connectivity index is 1.61. The van der Waals surface area contributed by atoms with Crippen LogP contribution < -0.4 is 10.6 Å². The summed E-state index contributed by atoms with van der Waals surface area (Å²) in [4.78, 5) is 13.8. The molecule has 0 unspecified atom stereocenters. The fraction of sp³-hybridized carbons (Fsp3) is 0.500. The quantitative estimate of drug-likeness (QED) is 0.770. The molecule has 3 aromatic rings. The van der Waals surface area contributed by atoms with Gasteiger partial charge in [0.2, 0.25) is 5.95 Å². The Morgan fingerprint density at radius 1 is 1.12 bits per heavy atom. The Hall–Kier alpha value is -2.22. The van der Waals surface area contributed by atoms with E-state index in [0.29, 0.717) is 12.0 Å². The van der Waals surface area contributed by atoms with Crippen LogP contribution in [0.5, 0.6) is 0 Å². The maximum absolute atomic E-state index is 5.97. The van der Waals surface area contributed by atoms with E-state index in [1.165, 1.54) is 15.8 Å². The number of nitrogens with zero attached hydrogens (tertiary/aromatic N) is 6. The molecule has 0 radical (unpaired) electrons. The van der Waals surface area contributed by atoms with Crippen LogP contribution in [0, 0.1) is 20.8 Å². The number of rotatable bonds is 2. The summed E-state index contributed by atoms with van der Waals surface area (Å²) < 4.78 is 2.06. The molecule has 1 fully saturated rings. The van der Waals surface area contributed by atoms with E-state index in [1.54, 1.807) is 17.7 Å². The molecule has 126 valence electrons. The van der Waals surface area contributed by atoms with Gasteiger partial charge in [-0.1, -0.05) is 0 Å².